The van der Waals surface area contributed by atoms with E-state index < -0.39 is 13.9 Å². The lowest BCUT2D eigenvalue weighted by Crippen LogP contribution is -2.40. The zero-order valence-corrected chi connectivity index (χ0v) is 12.2. The van der Waals surface area contributed by atoms with Crippen molar-refractivity contribution in [1.82, 2.24) is 9.99 Å². The molecule has 1 saturated carbocycles. The second kappa shape index (κ2) is 5.32. The largest absolute Gasteiger partial charge is 0.444 e. The van der Waals surface area contributed by atoms with Crippen LogP contribution in [0.4, 0.5) is 4.79 Å². The highest BCUT2D eigenvalue weighted by atomic mass is 31.2. The third kappa shape index (κ3) is 3.81. The van der Waals surface area contributed by atoms with E-state index in [1.54, 1.807) is 4.90 Å². The highest BCUT2D eigenvalue weighted by molar-refractivity contribution is 7.50. The summed E-state index contributed by atoms with van der Waals surface area (Å²) in [5.41, 5.74) is -0.480. The number of ether oxygens (including phenoxy) is 1. The molecular formula is C12H23N2O3P. The van der Waals surface area contributed by atoms with Crippen molar-refractivity contribution in [2.75, 3.05) is 6.54 Å². The van der Waals surface area contributed by atoms with Gasteiger partial charge in [0.15, 0.2) is 0 Å². The van der Waals surface area contributed by atoms with Crippen LogP contribution in [-0.2, 0) is 4.74 Å². The first kappa shape index (κ1) is 14.0. The molecule has 0 aromatic carbocycles. The van der Waals surface area contributed by atoms with Crippen molar-refractivity contribution in [2.45, 2.75) is 63.9 Å². The van der Waals surface area contributed by atoms with Gasteiger partial charge in [-0.25, -0.2) is 4.79 Å². The maximum atomic E-state index is 12.1. The summed E-state index contributed by atoms with van der Waals surface area (Å²) in [6.45, 7) is 6.27. The number of carbonyl (C=O) groups excluding carboxylic acids is 1. The number of likely N-dealkylation sites (tertiary alicyclic amines) is 1. The number of hydrogen-bond donors (Lipinski definition) is 2. The molecule has 1 amide bonds. The van der Waals surface area contributed by atoms with E-state index in [1.165, 1.54) is 0 Å². The minimum atomic E-state index is -1.30. The standard InChI is InChI=1S/C12H23N2O3P/c1-12(2,3)17-11(15)14-8-4-5-10(14)18(16)13-9-6-7-9/h9-10,13,16H,4-8H2,1-3H3. The molecule has 2 N–H and O–H groups in total. The molecular weight excluding hydrogens is 251 g/mol. The Hall–Kier alpha value is -0.380. The fourth-order valence-electron chi connectivity index (χ4n) is 2.02. The average Bonchev–Trinajstić information content (AvgIpc) is 2.90. The predicted molar refractivity (Wildman–Crippen MR) is 71.3 cm³/mol. The Balaban J connectivity index is 1.91. The highest BCUT2D eigenvalue weighted by Crippen LogP contribution is 2.44. The summed E-state index contributed by atoms with van der Waals surface area (Å²) in [5.74, 6) is -0.0875. The van der Waals surface area contributed by atoms with Gasteiger partial charge in [-0.1, -0.05) is 0 Å². The molecule has 2 unspecified atom stereocenters. The summed E-state index contributed by atoms with van der Waals surface area (Å²) in [6, 6.07) is 0.460. The van der Waals surface area contributed by atoms with Gasteiger partial charge in [0.25, 0.3) is 0 Å². The van der Waals surface area contributed by atoms with Crippen molar-refractivity contribution in [2.24, 2.45) is 0 Å². The van der Waals surface area contributed by atoms with Crippen LogP contribution in [0.15, 0.2) is 0 Å². The van der Waals surface area contributed by atoms with E-state index in [0.717, 1.165) is 25.7 Å². The molecule has 0 radical (unpaired) electrons. The first-order valence-electron chi connectivity index (χ1n) is 6.61. The lowest BCUT2D eigenvalue weighted by atomic mass is 10.2. The molecule has 0 aromatic heterocycles. The van der Waals surface area contributed by atoms with Crippen LogP contribution in [0.25, 0.3) is 0 Å². The number of nitrogens with one attached hydrogen (secondary N) is 1. The number of nitrogens with zero attached hydrogens (tertiary/aromatic N) is 1. The highest BCUT2D eigenvalue weighted by Gasteiger charge is 2.38. The van der Waals surface area contributed by atoms with Gasteiger partial charge < -0.3 is 9.63 Å². The lowest BCUT2D eigenvalue weighted by Gasteiger charge is -2.30. The molecule has 1 aliphatic carbocycles. The van der Waals surface area contributed by atoms with Crippen LogP contribution in [0.1, 0.15) is 46.5 Å². The van der Waals surface area contributed by atoms with E-state index in [1.807, 2.05) is 20.8 Å². The summed E-state index contributed by atoms with van der Waals surface area (Å²) in [6.07, 6.45) is 3.78. The van der Waals surface area contributed by atoms with Gasteiger partial charge in [-0.2, -0.15) is 0 Å². The lowest BCUT2D eigenvalue weighted by molar-refractivity contribution is 0.0269. The first-order chi connectivity index (χ1) is 8.37. The molecule has 18 heavy (non-hydrogen) atoms. The van der Waals surface area contributed by atoms with Gasteiger partial charge in [-0.15, -0.1) is 0 Å². The van der Waals surface area contributed by atoms with E-state index in [-0.39, 0.29) is 11.9 Å². The molecule has 2 fully saturated rings. The maximum absolute atomic E-state index is 12.1. The summed E-state index contributed by atoms with van der Waals surface area (Å²) in [4.78, 5) is 23.9. The van der Waals surface area contributed by atoms with Gasteiger partial charge in [-0.05, 0) is 46.5 Å². The molecule has 6 heteroatoms. The maximum Gasteiger partial charge on any atom is 0.410 e. The van der Waals surface area contributed by atoms with E-state index in [0.29, 0.717) is 12.6 Å². The van der Waals surface area contributed by atoms with E-state index in [9.17, 15) is 9.69 Å². The van der Waals surface area contributed by atoms with Crippen molar-refractivity contribution < 1.29 is 14.4 Å². The third-order valence-corrected chi connectivity index (χ3v) is 4.75. The molecule has 5 nitrogen and oxygen atoms in total. The number of amides is 1. The third-order valence-electron chi connectivity index (χ3n) is 3.02. The Bertz CT molecular complexity index is 315. The van der Waals surface area contributed by atoms with Crippen molar-refractivity contribution in [3.63, 3.8) is 0 Å². The van der Waals surface area contributed by atoms with Crippen molar-refractivity contribution in [1.29, 1.82) is 0 Å². The molecule has 0 bridgehead atoms. The molecule has 0 aromatic rings. The molecule has 1 saturated heterocycles. The Morgan fingerprint density at radius 3 is 2.61 bits per heavy atom. The van der Waals surface area contributed by atoms with Crippen molar-refractivity contribution >= 4 is 14.4 Å². The fourth-order valence-corrected chi connectivity index (χ4v) is 3.73. The Morgan fingerprint density at radius 2 is 2.06 bits per heavy atom. The zero-order valence-electron chi connectivity index (χ0n) is 11.3. The van der Waals surface area contributed by atoms with Crippen LogP contribution < -0.4 is 5.09 Å². The number of rotatable bonds is 3. The van der Waals surface area contributed by atoms with Crippen LogP contribution >= 0.6 is 8.30 Å². The van der Waals surface area contributed by atoms with Gasteiger partial charge >= 0.3 is 6.09 Å². The smallest absolute Gasteiger partial charge is 0.410 e. The van der Waals surface area contributed by atoms with Crippen LogP contribution in [0.2, 0.25) is 0 Å². The summed E-state index contributed by atoms with van der Waals surface area (Å²) in [7, 11) is -1.30. The molecule has 104 valence electrons. The van der Waals surface area contributed by atoms with Crippen LogP contribution in [0, 0.1) is 0 Å². The molecule has 1 heterocycles. The summed E-state index contributed by atoms with van der Waals surface area (Å²) >= 11 is 0. The number of carbonyl (C=O) groups is 1. The van der Waals surface area contributed by atoms with Crippen LogP contribution in [0.5, 0.6) is 0 Å². The quantitative estimate of drug-likeness (QED) is 0.776. The molecule has 2 rings (SSSR count). The summed E-state index contributed by atoms with van der Waals surface area (Å²) in [5, 5.41) is 3.21. The number of hydrogen-bond acceptors (Lipinski definition) is 4. The van der Waals surface area contributed by atoms with Crippen molar-refractivity contribution in [3.8, 4) is 0 Å². The van der Waals surface area contributed by atoms with Gasteiger partial charge in [-0.3, -0.25) is 9.99 Å². The zero-order chi connectivity index (χ0) is 13.3. The van der Waals surface area contributed by atoms with E-state index in [2.05, 4.69) is 5.09 Å². The molecule has 2 aliphatic rings. The molecule has 2 atom stereocenters. The van der Waals surface area contributed by atoms with Gasteiger partial charge in [0, 0.05) is 12.6 Å². The summed E-state index contributed by atoms with van der Waals surface area (Å²) < 4.78 is 5.38. The van der Waals surface area contributed by atoms with E-state index >= 15 is 0 Å². The predicted octanol–water partition coefficient (Wildman–Crippen LogP) is 2.40. The van der Waals surface area contributed by atoms with E-state index in [4.69, 9.17) is 4.74 Å². The average molecular weight is 274 g/mol. The Labute approximate surface area is 110 Å². The second-order valence-corrected chi connectivity index (χ2v) is 7.59. The molecule has 1 aliphatic heterocycles. The topological polar surface area (TPSA) is 61.8 Å². The SMILES string of the molecule is CC(C)(C)OC(=O)N1CCCC1P(O)NC1CC1. The van der Waals surface area contributed by atoms with Crippen molar-refractivity contribution in [3.05, 3.63) is 0 Å². The van der Waals surface area contributed by atoms with Gasteiger partial charge in [0.1, 0.15) is 13.9 Å². The van der Waals surface area contributed by atoms with Gasteiger partial charge in [0.2, 0.25) is 0 Å². The Kier molecular flexibility index (Phi) is 4.15. The second-order valence-electron chi connectivity index (χ2n) is 6.04. The normalized spacial score (nSPS) is 26.2. The minimum Gasteiger partial charge on any atom is -0.444 e. The molecule has 0 spiro atoms. The monoisotopic (exact) mass is 274 g/mol. The fraction of sp³-hybridized carbons (Fsp3) is 0.917. The van der Waals surface area contributed by atoms with Crippen LogP contribution in [0.3, 0.4) is 0 Å². The Morgan fingerprint density at radius 1 is 1.39 bits per heavy atom. The first-order valence-corrected chi connectivity index (χ1v) is 7.97. The van der Waals surface area contributed by atoms with Crippen LogP contribution in [-0.4, -0.2) is 39.9 Å². The van der Waals surface area contributed by atoms with Gasteiger partial charge in [0.05, 0.1) is 5.78 Å². The minimum absolute atomic E-state index is 0.0875.